The highest BCUT2D eigenvalue weighted by Gasteiger charge is 2.11. The lowest BCUT2D eigenvalue weighted by atomic mass is 9.87. The molecule has 0 heterocycles. The van der Waals surface area contributed by atoms with E-state index in [1.54, 1.807) is 11.1 Å². The van der Waals surface area contributed by atoms with Crippen LogP contribution in [0.15, 0.2) is 30.3 Å². The Hall–Kier alpha value is -1.56. The van der Waals surface area contributed by atoms with Gasteiger partial charge in [-0.05, 0) is 79.8 Å². The number of hydrogen-bond donors (Lipinski definition) is 0. The van der Waals surface area contributed by atoms with Gasteiger partial charge < -0.3 is 0 Å². The van der Waals surface area contributed by atoms with Crippen molar-refractivity contribution in [2.45, 2.75) is 46.5 Å². The summed E-state index contributed by atoms with van der Waals surface area (Å²) in [5, 5.41) is 0. The number of rotatable bonds is 0. The van der Waals surface area contributed by atoms with E-state index in [-0.39, 0.29) is 0 Å². The van der Waals surface area contributed by atoms with Gasteiger partial charge in [-0.3, -0.25) is 0 Å². The molecule has 2 aromatic rings. The Balaban J connectivity index is 2.09. The molecule has 19 heavy (non-hydrogen) atoms. The van der Waals surface area contributed by atoms with E-state index >= 15 is 0 Å². The lowest BCUT2D eigenvalue weighted by Gasteiger charge is -2.18. The molecule has 0 saturated heterocycles. The summed E-state index contributed by atoms with van der Waals surface area (Å²) >= 11 is 0. The molecule has 0 atom stereocenters. The van der Waals surface area contributed by atoms with Crippen molar-refractivity contribution in [2.75, 3.05) is 0 Å². The standard InChI is InChI=1S/C19H22/c1-13-11-18-9-7-16-5-4-6-17(14(16)2)8-10-19(12-13)15(18)3/h4-6,11-12H,7-10H2,1-3H3. The van der Waals surface area contributed by atoms with Gasteiger partial charge in [0.05, 0.1) is 0 Å². The molecular formula is C19H22. The zero-order valence-corrected chi connectivity index (χ0v) is 12.2. The first-order chi connectivity index (χ1) is 9.15. The zero-order chi connectivity index (χ0) is 13.4. The fraction of sp³-hybridized carbons (Fsp3) is 0.368. The van der Waals surface area contributed by atoms with Gasteiger partial charge in [-0.1, -0.05) is 35.9 Å². The molecule has 0 fully saturated rings. The van der Waals surface area contributed by atoms with Crippen LogP contribution in [0, 0.1) is 20.8 Å². The second kappa shape index (κ2) is 4.85. The maximum Gasteiger partial charge on any atom is -0.0235 e. The lowest BCUT2D eigenvalue weighted by Crippen LogP contribution is -2.06. The molecule has 0 aromatic heterocycles. The highest BCUT2D eigenvalue weighted by Crippen LogP contribution is 2.25. The van der Waals surface area contributed by atoms with Crippen LogP contribution in [0.25, 0.3) is 0 Å². The number of fused-ring (bicyclic) bond motifs is 4. The summed E-state index contributed by atoms with van der Waals surface area (Å²) in [6.45, 7) is 6.81. The van der Waals surface area contributed by atoms with Gasteiger partial charge in [0.25, 0.3) is 0 Å². The predicted molar refractivity (Wildman–Crippen MR) is 81.9 cm³/mol. The molecule has 0 N–H and O–H groups in total. The molecule has 0 nitrogen and oxygen atoms in total. The number of hydrogen-bond acceptors (Lipinski definition) is 0. The van der Waals surface area contributed by atoms with Crippen LogP contribution in [-0.4, -0.2) is 0 Å². The van der Waals surface area contributed by atoms with E-state index in [0.717, 1.165) is 0 Å². The van der Waals surface area contributed by atoms with Crippen LogP contribution in [-0.2, 0) is 25.7 Å². The summed E-state index contributed by atoms with van der Waals surface area (Å²) < 4.78 is 0. The van der Waals surface area contributed by atoms with Crippen molar-refractivity contribution in [3.8, 4) is 0 Å². The van der Waals surface area contributed by atoms with Crippen molar-refractivity contribution < 1.29 is 0 Å². The minimum Gasteiger partial charge on any atom is -0.0617 e. The summed E-state index contributed by atoms with van der Waals surface area (Å²) in [7, 11) is 0. The summed E-state index contributed by atoms with van der Waals surface area (Å²) in [6, 6.07) is 11.6. The van der Waals surface area contributed by atoms with Gasteiger partial charge in [0.1, 0.15) is 0 Å². The first-order valence-electron chi connectivity index (χ1n) is 7.31. The third-order valence-corrected chi connectivity index (χ3v) is 4.65. The molecule has 0 unspecified atom stereocenters. The van der Waals surface area contributed by atoms with Crippen molar-refractivity contribution in [2.24, 2.45) is 0 Å². The summed E-state index contributed by atoms with van der Waals surface area (Å²) in [6.07, 6.45) is 4.68. The topological polar surface area (TPSA) is 0 Å². The van der Waals surface area contributed by atoms with Gasteiger partial charge in [-0.15, -0.1) is 0 Å². The first-order valence-corrected chi connectivity index (χ1v) is 7.31. The highest BCUT2D eigenvalue weighted by molar-refractivity contribution is 5.42. The van der Waals surface area contributed by atoms with Crippen LogP contribution in [0.3, 0.4) is 0 Å². The number of aryl methyl sites for hydroxylation is 5. The van der Waals surface area contributed by atoms with Crippen molar-refractivity contribution in [3.63, 3.8) is 0 Å². The molecule has 0 radical (unpaired) electrons. The van der Waals surface area contributed by atoms with Gasteiger partial charge >= 0.3 is 0 Å². The lowest BCUT2D eigenvalue weighted by molar-refractivity contribution is 0.872. The average molecular weight is 250 g/mol. The SMILES string of the molecule is Cc1cc2c(C)c(c1)CCc1cccc(c1C)CC2. The van der Waals surface area contributed by atoms with E-state index in [1.807, 2.05) is 0 Å². The quantitative estimate of drug-likeness (QED) is 0.646. The Morgan fingerprint density at radius 1 is 0.632 bits per heavy atom. The second-order valence-electron chi connectivity index (χ2n) is 5.91. The van der Waals surface area contributed by atoms with Crippen LogP contribution < -0.4 is 0 Å². The minimum absolute atomic E-state index is 1.17. The Morgan fingerprint density at radius 2 is 1.05 bits per heavy atom. The maximum atomic E-state index is 2.37. The largest absolute Gasteiger partial charge is 0.0617 e. The predicted octanol–water partition coefficient (Wildman–Crippen LogP) is 4.50. The monoisotopic (exact) mass is 250 g/mol. The molecule has 0 heteroatoms. The third-order valence-electron chi connectivity index (χ3n) is 4.65. The van der Waals surface area contributed by atoms with Crippen LogP contribution in [0.5, 0.6) is 0 Å². The van der Waals surface area contributed by atoms with Crippen molar-refractivity contribution in [1.29, 1.82) is 0 Å². The molecule has 3 rings (SSSR count). The zero-order valence-electron chi connectivity index (χ0n) is 12.2. The molecule has 1 aliphatic rings. The van der Waals surface area contributed by atoms with Gasteiger partial charge in [0, 0.05) is 0 Å². The van der Waals surface area contributed by atoms with E-state index in [4.69, 9.17) is 0 Å². The molecule has 98 valence electrons. The molecule has 4 bridgehead atoms. The average Bonchev–Trinajstić information content (AvgIpc) is 2.39. The third kappa shape index (κ3) is 2.32. The maximum absolute atomic E-state index is 2.37. The van der Waals surface area contributed by atoms with E-state index in [2.05, 4.69) is 51.1 Å². The van der Waals surface area contributed by atoms with Crippen molar-refractivity contribution in [1.82, 2.24) is 0 Å². The van der Waals surface area contributed by atoms with E-state index in [9.17, 15) is 0 Å². The molecule has 0 amide bonds. The van der Waals surface area contributed by atoms with Crippen LogP contribution >= 0.6 is 0 Å². The summed E-state index contributed by atoms with van der Waals surface area (Å²) in [5.74, 6) is 0. The second-order valence-corrected chi connectivity index (χ2v) is 5.91. The Labute approximate surface area is 116 Å². The van der Waals surface area contributed by atoms with Crippen LogP contribution in [0.1, 0.15) is 38.9 Å². The summed E-state index contributed by atoms with van der Waals surface area (Å²) in [4.78, 5) is 0. The molecule has 1 aliphatic carbocycles. The number of benzene rings is 2. The normalized spacial score (nSPS) is 14.3. The van der Waals surface area contributed by atoms with E-state index < -0.39 is 0 Å². The Bertz CT molecular complexity index is 573. The van der Waals surface area contributed by atoms with Crippen LogP contribution in [0.4, 0.5) is 0 Å². The van der Waals surface area contributed by atoms with Crippen LogP contribution in [0.2, 0.25) is 0 Å². The molecular weight excluding hydrogens is 228 g/mol. The summed E-state index contributed by atoms with van der Waals surface area (Å²) in [5.41, 5.74) is 10.6. The molecule has 0 aliphatic heterocycles. The van der Waals surface area contributed by atoms with E-state index in [0.29, 0.717) is 0 Å². The van der Waals surface area contributed by atoms with Crippen molar-refractivity contribution >= 4 is 0 Å². The fourth-order valence-corrected chi connectivity index (χ4v) is 3.35. The minimum atomic E-state index is 1.17. The Kier molecular flexibility index (Phi) is 3.18. The van der Waals surface area contributed by atoms with Gasteiger partial charge in [-0.2, -0.15) is 0 Å². The molecule has 0 spiro atoms. The fourth-order valence-electron chi connectivity index (χ4n) is 3.35. The first kappa shape index (κ1) is 12.5. The Morgan fingerprint density at radius 3 is 1.58 bits per heavy atom. The van der Waals surface area contributed by atoms with Crippen molar-refractivity contribution in [3.05, 3.63) is 69.3 Å². The van der Waals surface area contributed by atoms with Gasteiger partial charge in [0.15, 0.2) is 0 Å². The smallest absolute Gasteiger partial charge is 0.0235 e. The van der Waals surface area contributed by atoms with Gasteiger partial charge in [0.2, 0.25) is 0 Å². The van der Waals surface area contributed by atoms with Gasteiger partial charge in [-0.25, -0.2) is 0 Å². The van der Waals surface area contributed by atoms with E-state index in [1.165, 1.54) is 53.5 Å². The molecule has 0 saturated carbocycles. The molecule has 2 aromatic carbocycles. The highest BCUT2D eigenvalue weighted by atomic mass is 14.2.